The maximum Gasteiger partial charge on any atom is 0.364 e. The molecule has 1 saturated heterocycles. The second-order valence-corrected chi connectivity index (χ2v) is 5.48. The van der Waals surface area contributed by atoms with Crippen LogP contribution < -0.4 is 5.23 Å². The summed E-state index contributed by atoms with van der Waals surface area (Å²) >= 11 is 0. The zero-order valence-corrected chi connectivity index (χ0v) is 10.6. The van der Waals surface area contributed by atoms with Crippen molar-refractivity contribution in [1.29, 1.82) is 0 Å². The van der Waals surface area contributed by atoms with Crippen molar-refractivity contribution < 1.29 is 9.59 Å². The number of amides is 2. The molecule has 1 aliphatic heterocycles. The van der Waals surface area contributed by atoms with Crippen molar-refractivity contribution in [2.45, 2.75) is 51.6 Å². The lowest BCUT2D eigenvalue weighted by Gasteiger charge is -2.32. The minimum atomic E-state index is -0.0369. The van der Waals surface area contributed by atoms with Crippen LogP contribution in [0, 0.1) is 11.8 Å². The van der Waals surface area contributed by atoms with Gasteiger partial charge in [0.05, 0.1) is 0 Å². The lowest BCUT2D eigenvalue weighted by Crippen LogP contribution is -2.47. The first-order chi connectivity index (χ1) is 8.15. The average Bonchev–Trinajstić information content (AvgIpc) is 2.84. The molecule has 0 bridgehead atoms. The summed E-state index contributed by atoms with van der Waals surface area (Å²) in [4.78, 5) is 24.4. The van der Waals surface area contributed by atoms with Gasteiger partial charge in [0.15, 0.2) is 12.2 Å². The van der Waals surface area contributed by atoms with Crippen LogP contribution in [0.15, 0.2) is 0 Å². The summed E-state index contributed by atoms with van der Waals surface area (Å²) in [5, 5.41) is 2.37. The molecule has 0 spiro atoms. The molecule has 3 unspecified atom stereocenters. The van der Waals surface area contributed by atoms with E-state index in [1.54, 1.807) is 0 Å². The number of nitrogens with zero attached hydrogens (tertiary/aromatic N) is 1. The molecule has 5 heteroatoms. The van der Waals surface area contributed by atoms with Crippen molar-refractivity contribution >= 4 is 19.6 Å². The Morgan fingerprint density at radius 3 is 2.88 bits per heavy atom. The van der Waals surface area contributed by atoms with Gasteiger partial charge in [0.1, 0.15) is 0 Å². The van der Waals surface area contributed by atoms with Crippen LogP contribution in [0.2, 0.25) is 0 Å². The van der Waals surface area contributed by atoms with Gasteiger partial charge in [-0.15, -0.1) is 0 Å². The molecular weight excluding hydrogens is 215 g/mol. The standard InChI is InChI=1S/C12H20BN2O2/c1-8(2)11-6-9-4-3-5-10(9)15(11)12(17)13-14-7-16/h7-11H,3-6H2,1-2H3,(H,14,16). The maximum absolute atomic E-state index is 12.1. The van der Waals surface area contributed by atoms with Crippen molar-refractivity contribution in [2.75, 3.05) is 0 Å². The third-order valence-electron chi connectivity index (χ3n) is 4.18. The molecule has 2 fully saturated rings. The molecule has 0 aromatic carbocycles. The quantitative estimate of drug-likeness (QED) is 0.591. The molecule has 1 heterocycles. The second kappa shape index (κ2) is 5.11. The highest BCUT2D eigenvalue weighted by Gasteiger charge is 2.46. The molecule has 1 N–H and O–H groups in total. The SMILES string of the molecule is CC(C)C1CC2CCCC2N1C(=O)[B]NC=O. The summed E-state index contributed by atoms with van der Waals surface area (Å²) in [6, 6.07) is 0.738. The highest BCUT2D eigenvalue weighted by atomic mass is 16.2. The molecule has 1 radical (unpaired) electrons. The topological polar surface area (TPSA) is 49.4 Å². The molecule has 17 heavy (non-hydrogen) atoms. The zero-order chi connectivity index (χ0) is 12.4. The molecule has 2 rings (SSSR count). The van der Waals surface area contributed by atoms with Crippen LogP contribution in [-0.4, -0.2) is 36.6 Å². The third kappa shape index (κ3) is 2.33. The molecule has 4 nitrogen and oxygen atoms in total. The summed E-state index contributed by atoms with van der Waals surface area (Å²) < 4.78 is 0. The monoisotopic (exact) mass is 235 g/mol. The molecule has 2 amide bonds. The van der Waals surface area contributed by atoms with Gasteiger partial charge in [0.25, 0.3) is 0 Å². The van der Waals surface area contributed by atoms with Crippen LogP contribution in [0.1, 0.15) is 39.5 Å². The Labute approximate surface area is 103 Å². The molecule has 3 atom stereocenters. The Bertz CT molecular complexity index is 309. The first-order valence-corrected chi connectivity index (χ1v) is 6.50. The van der Waals surface area contributed by atoms with Gasteiger partial charge in [0.2, 0.25) is 0 Å². The zero-order valence-electron chi connectivity index (χ0n) is 10.6. The minimum Gasteiger partial charge on any atom is -0.397 e. The van der Waals surface area contributed by atoms with E-state index in [9.17, 15) is 9.59 Å². The fourth-order valence-corrected chi connectivity index (χ4v) is 3.43. The molecule has 0 aromatic rings. The molecule has 0 aromatic heterocycles. The van der Waals surface area contributed by atoms with Crippen LogP contribution in [0.4, 0.5) is 4.79 Å². The van der Waals surface area contributed by atoms with Gasteiger partial charge >= 0.3 is 7.41 Å². The number of fused-ring (bicyclic) bond motifs is 1. The summed E-state index contributed by atoms with van der Waals surface area (Å²) in [5.74, 6) is 1.12. The summed E-state index contributed by atoms with van der Waals surface area (Å²) in [5.41, 5.74) is 0. The number of carbonyl (C=O) groups is 2. The summed E-state index contributed by atoms with van der Waals surface area (Å²) in [6.45, 7) is 4.33. The third-order valence-corrected chi connectivity index (χ3v) is 4.18. The lowest BCUT2D eigenvalue weighted by molar-refractivity contribution is -0.108. The van der Waals surface area contributed by atoms with Crippen LogP contribution in [-0.2, 0) is 4.79 Å². The Balaban J connectivity index is 2.08. The molecular formula is C12H20BN2O2. The van der Waals surface area contributed by atoms with Gasteiger partial charge in [-0.2, -0.15) is 0 Å². The van der Waals surface area contributed by atoms with E-state index >= 15 is 0 Å². The van der Waals surface area contributed by atoms with Crippen LogP contribution >= 0.6 is 0 Å². The van der Waals surface area contributed by atoms with E-state index in [2.05, 4.69) is 19.1 Å². The van der Waals surface area contributed by atoms with Crippen molar-refractivity contribution in [3.63, 3.8) is 0 Å². The average molecular weight is 235 g/mol. The fourth-order valence-electron chi connectivity index (χ4n) is 3.43. The first kappa shape index (κ1) is 12.5. The molecule has 1 aliphatic carbocycles. The van der Waals surface area contributed by atoms with Crippen LogP contribution in [0.3, 0.4) is 0 Å². The number of nitrogens with one attached hydrogen (secondary N) is 1. The van der Waals surface area contributed by atoms with E-state index < -0.39 is 0 Å². The van der Waals surface area contributed by atoms with E-state index in [4.69, 9.17) is 0 Å². The number of hydrogen-bond donors (Lipinski definition) is 1. The Hall–Kier alpha value is -0.995. The highest BCUT2D eigenvalue weighted by Crippen LogP contribution is 2.43. The Morgan fingerprint density at radius 2 is 2.24 bits per heavy atom. The first-order valence-electron chi connectivity index (χ1n) is 6.50. The van der Waals surface area contributed by atoms with Crippen molar-refractivity contribution in [2.24, 2.45) is 11.8 Å². The Morgan fingerprint density at radius 1 is 1.47 bits per heavy atom. The maximum atomic E-state index is 12.1. The van der Waals surface area contributed by atoms with Gasteiger partial charge in [-0.3, -0.25) is 9.59 Å². The van der Waals surface area contributed by atoms with E-state index in [0.29, 0.717) is 30.3 Å². The molecule has 93 valence electrons. The number of carbonyl (C=O) groups excluding carboxylic acids is 2. The summed E-state index contributed by atoms with van der Waals surface area (Å²) in [6.07, 6.45) is 5.27. The second-order valence-electron chi connectivity index (χ2n) is 5.48. The normalized spacial score (nSPS) is 31.5. The van der Waals surface area contributed by atoms with Gasteiger partial charge in [-0.05, 0) is 31.1 Å². The van der Waals surface area contributed by atoms with Crippen molar-refractivity contribution in [3.8, 4) is 0 Å². The predicted octanol–water partition coefficient (Wildman–Crippen LogP) is 1.37. The van der Waals surface area contributed by atoms with E-state index in [1.807, 2.05) is 4.90 Å². The Kier molecular flexibility index (Phi) is 3.74. The van der Waals surface area contributed by atoms with Gasteiger partial charge < -0.3 is 10.1 Å². The summed E-state index contributed by atoms with van der Waals surface area (Å²) in [7, 11) is 1.29. The smallest absolute Gasteiger partial charge is 0.364 e. The van der Waals surface area contributed by atoms with Crippen LogP contribution in [0.25, 0.3) is 0 Å². The minimum absolute atomic E-state index is 0.0369. The molecule has 1 saturated carbocycles. The van der Waals surface area contributed by atoms with Gasteiger partial charge in [-0.1, -0.05) is 20.3 Å². The fraction of sp³-hybridized carbons (Fsp3) is 0.833. The van der Waals surface area contributed by atoms with E-state index in [-0.39, 0.29) is 5.81 Å². The van der Waals surface area contributed by atoms with Crippen LogP contribution in [0.5, 0.6) is 0 Å². The van der Waals surface area contributed by atoms with E-state index in [1.165, 1.54) is 20.3 Å². The van der Waals surface area contributed by atoms with Crippen molar-refractivity contribution in [3.05, 3.63) is 0 Å². The van der Waals surface area contributed by atoms with E-state index in [0.717, 1.165) is 12.8 Å². The van der Waals surface area contributed by atoms with Crippen molar-refractivity contribution in [1.82, 2.24) is 10.1 Å². The van der Waals surface area contributed by atoms with Gasteiger partial charge in [-0.25, -0.2) is 0 Å². The number of likely N-dealkylation sites (tertiary alicyclic amines) is 1. The van der Waals surface area contributed by atoms with Gasteiger partial charge in [0, 0.05) is 12.1 Å². The lowest BCUT2D eigenvalue weighted by atomic mass is 9.90. The predicted molar refractivity (Wildman–Crippen MR) is 66.6 cm³/mol. The molecule has 2 aliphatic rings. The number of hydrogen-bond acceptors (Lipinski definition) is 2. The number of rotatable bonds is 4. The largest absolute Gasteiger partial charge is 0.397 e. The highest BCUT2D eigenvalue weighted by molar-refractivity contribution is 6.72.